The van der Waals surface area contributed by atoms with Gasteiger partial charge in [-0.25, -0.2) is 9.97 Å². The lowest BCUT2D eigenvalue weighted by molar-refractivity contribution is -0.137. The number of aryl methyl sites for hydroxylation is 2. The van der Waals surface area contributed by atoms with Gasteiger partial charge < -0.3 is 20.7 Å². The molecule has 0 atom stereocenters. The minimum absolute atomic E-state index is 0.0516. The zero-order chi connectivity index (χ0) is 31.1. The number of rotatable bonds is 7. The Morgan fingerprint density at radius 2 is 1.86 bits per heavy atom. The smallest absolute Gasteiger partial charge is 0.416 e. The first kappa shape index (κ1) is 29.5. The molecule has 2 aromatic heterocycles. The Hall–Kier alpha value is -4.97. The first-order valence-corrected chi connectivity index (χ1v) is 13.2. The van der Waals surface area contributed by atoms with Crippen molar-refractivity contribution in [3.8, 4) is 28.0 Å². The van der Waals surface area contributed by atoms with Crippen LogP contribution in [0.1, 0.15) is 27.0 Å². The molecule has 0 aliphatic rings. The number of hydrogen-bond acceptors (Lipinski definition) is 7. The third-order valence-electron chi connectivity index (χ3n) is 6.91. The van der Waals surface area contributed by atoms with Crippen LogP contribution in [0.2, 0.25) is 0 Å². The van der Waals surface area contributed by atoms with Crippen LogP contribution in [0, 0.1) is 6.92 Å². The molecule has 0 radical (unpaired) electrons. The van der Waals surface area contributed by atoms with Crippen LogP contribution in [0.5, 0.6) is 5.75 Å². The van der Waals surface area contributed by atoms with Gasteiger partial charge in [0.05, 0.1) is 30.0 Å². The number of carbonyl (C=O) groups is 1. The number of fused-ring (bicyclic) bond motifs is 1. The summed E-state index contributed by atoms with van der Waals surface area (Å²) < 4.78 is 48.5. The van der Waals surface area contributed by atoms with Crippen LogP contribution in [0.25, 0.3) is 33.2 Å². The van der Waals surface area contributed by atoms with Gasteiger partial charge in [-0.3, -0.25) is 9.48 Å². The Balaban J connectivity index is 1.61. The quantitative estimate of drug-likeness (QED) is 0.242. The fourth-order valence-electron chi connectivity index (χ4n) is 5.05. The van der Waals surface area contributed by atoms with E-state index in [1.54, 1.807) is 74.5 Å². The summed E-state index contributed by atoms with van der Waals surface area (Å²) in [6.45, 7) is 2.17. The van der Waals surface area contributed by atoms with E-state index in [2.05, 4.69) is 20.4 Å². The number of nitrogens with zero attached hydrogens (tertiary/aromatic N) is 5. The van der Waals surface area contributed by atoms with Crippen LogP contribution in [0.15, 0.2) is 61.1 Å². The molecule has 5 rings (SSSR count). The molecular formula is C31H30F3N7O2. The van der Waals surface area contributed by atoms with E-state index in [9.17, 15) is 18.0 Å². The minimum Gasteiger partial charge on any atom is -0.495 e. The number of anilines is 2. The summed E-state index contributed by atoms with van der Waals surface area (Å²) >= 11 is 0. The average Bonchev–Trinajstić information content (AvgIpc) is 3.36. The summed E-state index contributed by atoms with van der Waals surface area (Å²) in [5, 5.41) is 7.64. The lowest BCUT2D eigenvalue weighted by Gasteiger charge is -2.18. The number of benzene rings is 3. The highest BCUT2D eigenvalue weighted by Gasteiger charge is 2.31. The number of nitrogen functional groups attached to an aromatic ring is 1. The molecule has 5 aromatic rings. The van der Waals surface area contributed by atoms with Crippen molar-refractivity contribution in [1.82, 2.24) is 24.6 Å². The predicted molar refractivity (Wildman–Crippen MR) is 160 cm³/mol. The van der Waals surface area contributed by atoms with Gasteiger partial charge in [0.1, 0.15) is 5.75 Å². The van der Waals surface area contributed by atoms with Crippen LogP contribution in [-0.4, -0.2) is 51.8 Å². The molecule has 0 saturated carbocycles. The maximum atomic E-state index is 13.6. The van der Waals surface area contributed by atoms with Gasteiger partial charge in [0, 0.05) is 53.8 Å². The Kier molecular flexibility index (Phi) is 7.80. The number of hydrogen-bond donors (Lipinski definition) is 2. The molecule has 0 unspecified atom stereocenters. The second-order valence-electron chi connectivity index (χ2n) is 10.5. The number of aromatic nitrogens is 4. The van der Waals surface area contributed by atoms with Crippen molar-refractivity contribution >= 4 is 28.4 Å². The average molecular weight is 590 g/mol. The molecule has 2 heterocycles. The van der Waals surface area contributed by atoms with E-state index in [0.29, 0.717) is 38.9 Å². The van der Waals surface area contributed by atoms with E-state index in [-0.39, 0.29) is 23.7 Å². The van der Waals surface area contributed by atoms with Gasteiger partial charge >= 0.3 is 6.18 Å². The Morgan fingerprint density at radius 1 is 1.09 bits per heavy atom. The number of halogens is 3. The van der Waals surface area contributed by atoms with E-state index in [1.165, 1.54) is 0 Å². The Labute approximate surface area is 246 Å². The van der Waals surface area contributed by atoms with Crippen LogP contribution in [0.3, 0.4) is 0 Å². The van der Waals surface area contributed by atoms with Crippen molar-refractivity contribution in [1.29, 1.82) is 0 Å². The molecule has 0 aliphatic heterocycles. The first-order valence-electron chi connectivity index (χ1n) is 13.2. The number of carbonyl (C=O) groups excluding carboxylic acids is 1. The normalized spacial score (nSPS) is 11.7. The fraction of sp³-hybridized carbons (Fsp3) is 0.226. The lowest BCUT2D eigenvalue weighted by atomic mass is 9.92. The van der Waals surface area contributed by atoms with Gasteiger partial charge in [0.2, 0.25) is 5.95 Å². The number of ether oxygens (including phenoxy) is 1. The zero-order valence-electron chi connectivity index (χ0n) is 24.2. The van der Waals surface area contributed by atoms with E-state index >= 15 is 0 Å². The van der Waals surface area contributed by atoms with Crippen LogP contribution < -0.4 is 15.8 Å². The molecule has 0 aliphatic carbocycles. The molecule has 0 spiro atoms. The van der Waals surface area contributed by atoms with Gasteiger partial charge in [0.25, 0.3) is 5.91 Å². The minimum atomic E-state index is -4.56. The monoisotopic (exact) mass is 589 g/mol. The number of methoxy groups -OCH3 is 1. The summed E-state index contributed by atoms with van der Waals surface area (Å²) in [6.07, 6.45) is 0.572. The number of amides is 1. The third-order valence-corrected chi connectivity index (χ3v) is 6.91. The molecule has 0 saturated heterocycles. The van der Waals surface area contributed by atoms with E-state index in [4.69, 9.17) is 10.5 Å². The van der Waals surface area contributed by atoms with E-state index < -0.39 is 17.6 Å². The van der Waals surface area contributed by atoms with Crippen molar-refractivity contribution in [2.24, 2.45) is 7.05 Å². The maximum absolute atomic E-state index is 13.6. The van der Waals surface area contributed by atoms with Crippen LogP contribution >= 0.6 is 0 Å². The molecule has 0 bridgehead atoms. The highest BCUT2D eigenvalue weighted by molar-refractivity contribution is 6.07. The second-order valence-corrected chi connectivity index (χ2v) is 10.5. The number of nitrogens with one attached hydrogen (secondary N) is 1. The van der Waals surface area contributed by atoms with Crippen molar-refractivity contribution < 1.29 is 22.7 Å². The van der Waals surface area contributed by atoms with E-state index in [0.717, 1.165) is 23.3 Å². The van der Waals surface area contributed by atoms with Gasteiger partial charge in [-0.15, -0.1) is 0 Å². The van der Waals surface area contributed by atoms with E-state index in [1.807, 2.05) is 19.2 Å². The van der Waals surface area contributed by atoms with Gasteiger partial charge in [-0.1, -0.05) is 6.07 Å². The molecule has 0 fully saturated rings. The van der Waals surface area contributed by atoms with Crippen molar-refractivity contribution in [3.63, 3.8) is 0 Å². The summed E-state index contributed by atoms with van der Waals surface area (Å²) in [4.78, 5) is 23.8. The SMILES string of the molecule is COc1c(-c2cc(C(=O)Nc3cc(CN(C)C)cc(C(F)(F)F)c3)ccc2C)cc2cnc(N)nc2c1-c1cnn(C)c1. The maximum Gasteiger partial charge on any atom is 0.416 e. The van der Waals surface area contributed by atoms with Gasteiger partial charge in [0.15, 0.2) is 0 Å². The third kappa shape index (κ3) is 6.14. The molecule has 3 aromatic carbocycles. The van der Waals surface area contributed by atoms with Crippen molar-refractivity contribution in [3.05, 3.63) is 83.3 Å². The summed E-state index contributed by atoms with van der Waals surface area (Å²) in [5.74, 6) is 0.0378. The fourth-order valence-corrected chi connectivity index (χ4v) is 5.05. The van der Waals surface area contributed by atoms with Crippen LogP contribution in [-0.2, 0) is 19.8 Å². The molecule has 222 valence electrons. The van der Waals surface area contributed by atoms with Crippen LogP contribution in [0.4, 0.5) is 24.8 Å². The number of alkyl halides is 3. The Morgan fingerprint density at radius 3 is 2.51 bits per heavy atom. The molecule has 12 heteroatoms. The standard InChI is InChI=1S/C31H30F3N7O2/c1-17-6-7-19(29(42)38-23-9-18(15-40(2)3)8-22(12-23)31(32,33)34)10-24(17)25-11-20-13-36-30(35)39-27(20)26(28(25)43-5)21-14-37-41(4)16-21/h6-14,16H,15H2,1-5H3,(H,38,42)(H2,35,36,39). The predicted octanol–water partition coefficient (Wildman–Crippen LogP) is 5.93. The summed E-state index contributed by atoms with van der Waals surface area (Å²) in [6, 6.07) is 10.5. The molecule has 43 heavy (non-hydrogen) atoms. The number of nitrogens with two attached hydrogens (primary N) is 1. The van der Waals surface area contributed by atoms with Gasteiger partial charge in [-0.2, -0.15) is 18.3 Å². The molecule has 3 N–H and O–H groups in total. The second kappa shape index (κ2) is 11.4. The molecule has 1 amide bonds. The Bertz CT molecular complexity index is 1850. The highest BCUT2D eigenvalue weighted by Crippen LogP contribution is 2.44. The highest BCUT2D eigenvalue weighted by atomic mass is 19.4. The van der Waals surface area contributed by atoms with Crippen molar-refractivity contribution in [2.45, 2.75) is 19.6 Å². The van der Waals surface area contributed by atoms with Gasteiger partial charge in [-0.05, 0) is 74.1 Å². The summed E-state index contributed by atoms with van der Waals surface area (Å²) in [7, 11) is 6.85. The topological polar surface area (TPSA) is 111 Å². The lowest BCUT2D eigenvalue weighted by Crippen LogP contribution is -2.16. The first-order chi connectivity index (χ1) is 20.3. The molecule has 9 nitrogen and oxygen atoms in total. The zero-order valence-corrected chi connectivity index (χ0v) is 24.2. The molecular weight excluding hydrogens is 559 g/mol. The largest absolute Gasteiger partial charge is 0.495 e. The summed E-state index contributed by atoms with van der Waals surface area (Å²) in [5.41, 5.74) is 10.00. The van der Waals surface area contributed by atoms with Crippen molar-refractivity contribution in [2.75, 3.05) is 32.3 Å².